The van der Waals surface area contributed by atoms with E-state index < -0.39 is 0 Å². The van der Waals surface area contributed by atoms with Crippen molar-refractivity contribution in [1.29, 1.82) is 0 Å². The second-order valence-electron chi connectivity index (χ2n) is 5.11. The molecule has 0 saturated carbocycles. The van der Waals surface area contributed by atoms with Crippen molar-refractivity contribution < 1.29 is 4.39 Å². The van der Waals surface area contributed by atoms with Gasteiger partial charge in [-0.25, -0.2) is 9.37 Å². The summed E-state index contributed by atoms with van der Waals surface area (Å²) in [6.45, 7) is 8.13. The van der Waals surface area contributed by atoms with E-state index in [0.29, 0.717) is 5.56 Å². The van der Waals surface area contributed by atoms with E-state index in [9.17, 15) is 4.39 Å². The molecule has 1 aromatic carbocycles. The van der Waals surface area contributed by atoms with Gasteiger partial charge in [-0.2, -0.15) is 0 Å². The quantitative estimate of drug-likeness (QED) is 0.854. The third-order valence-corrected chi connectivity index (χ3v) is 4.70. The molecule has 1 unspecified atom stereocenters. The zero-order valence-corrected chi connectivity index (χ0v) is 14.4. The molecule has 0 aliphatic carbocycles. The predicted octanol–water partition coefficient (Wildman–Crippen LogP) is 4.75. The van der Waals surface area contributed by atoms with E-state index in [1.165, 1.54) is 10.9 Å². The van der Waals surface area contributed by atoms with E-state index in [1.807, 2.05) is 26.0 Å². The number of rotatable bonds is 4. The van der Waals surface area contributed by atoms with Gasteiger partial charge in [-0.05, 0) is 39.8 Å². The lowest BCUT2D eigenvalue weighted by Crippen LogP contribution is -2.29. The molecule has 5 heteroatoms. The van der Waals surface area contributed by atoms with Crippen LogP contribution in [0.4, 0.5) is 4.39 Å². The van der Waals surface area contributed by atoms with Crippen LogP contribution in [-0.2, 0) is 0 Å². The smallest absolute Gasteiger partial charge is 0.129 e. The molecule has 0 saturated heterocycles. The third-order valence-electron chi connectivity index (χ3n) is 3.07. The number of aromatic nitrogens is 1. The summed E-state index contributed by atoms with van der Waals surface area (Å²) in [7, 11) is 0. The van der Waals surface area contributed by atoms with Gasteiger partial charge in [0.15, 0.2) is 0 Å². The first-order valence-electron chi connectivity index (χ1n) is 6.53. The SMILES string of the molecule is Cc1nc(C(NC(C)C)c2ccc(Br)cc2F)sc1C. The van der Waals surface area contributed by atoms with Gasteiger partial charge in [-0.15, -0.1) is 11.3 Å². The molecule has 108 valence electrons. The molecule has 1 N–H and O–H groups in total. The second kappa shape index (κ2) is 6.33. The minimum Gasteiger partial charge on any atom is -0.302 e. The van der Waals surface area contributed by atoms with Crippen molar-refractivity contribution in [1.82, 2.24) is 10.3 Å². The fourth-order valence-corrected chi connectivity index (χ4v) is 3.32. The molecule has 1 atom stereocenters. The van der Waals surface area contributed by atoms with Crippen molar-refractivity contribution in [2.45, 2.75) is 39.8 Å². The Hall–Kier alpha value is -0.780. The maximum Gasteiger partial charge on any atom is 0.129 e. The van der Waals surface area contributed by atoms with Crippen LogP contribution < -0.4 is 5.32 Å². The van der Waals surface area contributed by atoms with Crippen LogP contribution >= 0.6 is 27.3 Å². The summed E-state index contributed by atoms with van der Waals surface area (Å²) < 4.78 is 15.0. The first-order chi connectivity index (χ1) is 9.38. The van der Waals surface area contributed by atoms with Crippen molar-refractivity contribution in [3.05, 3.63) is 49.6 Å². The molecule has 1 aromatic heterocycles. The molecule has 0 radical (unpaired) electrons. The highest BCUT2D eigenvalue weighted by molar-refractivity contribution is 9.10. The van der Waals surface area contributed by atoms with Crippen molar-refractivity contribution in [3.63, 3.8) is 0 Å². The van der Waals surface area contributed by atoms with Crippen LogP contribution in [0.2, 0.25) is 0 Å². The Labute approximate surface area is 131 Å². The topological polar surface area (TPSA) is 24.9 Å². The molecular formula is C15H18BrFN2S. The Balaban J connectivity index is 2.46. The van der Waals surface area contributed by atoms with E-state index in [-0.39, 0.29) is 17.9 Å². The summed E-state index contributed by atoms with van der Waals surface area (Å²) in [5.74, 6) is -0.219. The van der Waals surface area contributed by atoms with Gasteiger partial charge in [0.05, 0.1) is 11.7 Å². The molecule has 2 nitrogen and oxygen atoms in total. The van der Waals surface area contributed by atoms with E-state index in [2.05, 4.69) is 40.1 Å². The lowest BCUT2D eigenvalue weighted by atomic mass is 10.1. The summed E-state index contributed by atoms with van der Waals surface area (Å²) in [5.41, 5.74) is 1.65. The van der Waals surface area contributed by atoms with Gasteiger partial charge in [0, 0.05) is 21.0 Å². The van der Waals surface area contributed by atoms with Gasteiger partial charge >= 0.3 is 0 Å². The van der Waals surface area contributed by atoms with Crippen LogP contribution in [-0.4, -0.2) is 11.0 Å². The molecule has 0 bridgehead atoms. The molecule has 0 amide bonds. The minimum absolute atomic E-state index is 0.208. The monoisotopic (exact) mass is 356 g/mol. The van der Waals surface area contributed by atoms with Crippen LogP contribution in [0.25, 0.3) is 0 Å². The van der Waals surface area contributed by atoms with Crippen molar-refractivity contribution in [3.8, 4) is 0 Å². The number of aryl methyl sites for hydroxylation is 2. The molecule has 2 rings (SSSR count). The average molecular weight is 357 g/mol. The predicted molar refractivity (Wildman–Crippen MR) is 85.8 cm³/mol. The highest BCUT2D eigenvalue weighted by atomic mass is 79.9. The molecule has 2 aromatic rings. The Morgan fingerprint density at radius 2 is 2.00 bits per heavy atom. The molecule has 0 fully saturated rings. The van der Waals surface area contributed by atoms with E-state index in [0.717, 1.165) is 15.2 Å². The summed E-state index contributed by atoms with van der Waals surface area (Å²) >= 11 is 4.91. The molecule has 1 heterocycles. The summed E-state index contributed by atoms with van der Waals surface area (Å²) in [6, 6.07) is 5.21. The zero-order valence-electron chi connectivity index (χ0n) is 12.0. The van der Waals surface area contributed by atoms with Gasteiger partial charge in [-0.3, -0.25) is 0 Å². The maximum absolute atomic E-state index is 14.3. The van der Waals surface area contributed by atoms with Gasteiger partial charge in [0.25, 0.3) is 0 Å². The minimum atomic E-state index is -0.219. The van der Waals surface area contributed by atoms with Gasteiger partial charge in [0.2, 0.25) is 0 Å². The van der Waals surface area contributed by atoms with Crippen LogP contribution in [0.15, 0.2) is 22.7 Å². The third kappa shape index (κ3) is 3.45. The van der Waals surface area contributed by atoms with Gasteiger partial charge < -0.3 is 5.32 Å². The largest absolute Gasteiger partial charge is 0.302 e. The second-order valence-corrected chi connectivity index (χ2v) is 7.26. The molecule has 0 aliphatic rings. The first kappa shape index (κ1) is 15.6. The van der Waals surface area contributed by atoms with Crippen molar-refractivity contribution in [2.75, 3.05) is 0 Å². The van der Waals surface area contributed by atoms with Crippen molar-refractivity contribution >= 4 is 27.3 Å². The molecule has 0 aliphatic heterocycles. The van der Waals surface area contributed by atoms with Gasteiger partial charge in [0.1, 0.15) is 10.8 Å². The number of hydrogen-bond donors (Lipinski definition) is 1. The Bertz CT molecular complexity index is 590. The fourth-order valence-electron chi connectivity index (χ4n) is 1.98. The Morgan fingerprint density at radius 1 is 1.30 bits per heavy atom. The normalized spacial score (nSPS) is 12.9. The van der Waals surface area contributed by atoms with E-state index >= 15 is 0 Å². The molecule has 20 heavy (non-hydrogen) atoms. The summed E-state index contributed by atoms with van der Waals surface area (Å²) in [5, 5.41) is 4.32. The summed E-state index contributed by atoms with van der Waals surface area (Å²) in [6.07, 6.45) is 0. The van der Waals surface area contributed by atoms with Crippen LogP contribution in [0.3, 0.4) is 0 Å². The van der Waals surface area contributed by atoms with E-state index in [1.54, 1.807) is 11.3 Å². The molecule has 0 spiro atoms. The first-order valence-corrected chi connectivity index (χ1v) is 8.14. The highest BCUT2D eigenvalue weighted by Gasteiger charge is 2.22. The van der Waals surface area contributed by atoms with Gasteiger partial charge in [-0.1, -0.05) is 22.0 Å². The number of thiazole rings is 1. The Morgan fingerprint density at radius 3 is 2.50 bits per heavy atom. The van der Waals surface area contributed by atoms with E-state index in [4.69, 9.17) is 0 Å². The average Bonchev–Trinajstić information content (AvgIpc) is 2.67. The lowest BCUT2D eigenvalue weighted by Gasteiger charge is -2.20. The fraction of sp³-hybridized carbons (Fsp3) is 0.400. The number of hydrogen-bond acceptors (Lipinski definition) is 3. The van der Waals surface area contributed by atoms with Crippen LogP contribution in [0, 0.1) is 19.7 Å². The number of halogens is 2. The highest BCUT2D eigenvalue weighted by Crippen LogP contribution is 2.31. The Kier molecular flexibility index (Phi) is 4.94. The number of benzene rings is 1. The number of nitrogens with zero attached hydrogens (tertiary/aromatic N) is 1. The summed E-state index contributed by atoms with van der Waals surface area (Å²) in [4.78, 5) is 5.76. The lowest BCUT2D eigenvalue weighted by molar-refractivity contribution is 0.501. The van der Waals surface area contributed by atoms with Crippen LogP contribution in [0.5, 0.6) is 0 Å². The van der Waals surface area contributed by atoms with Crippen molar-refractivity contribution in [2.24, 2.45) is 0 Å². The molecular weight excluding hydrogens is 339 g/mol. The number of nitrogens with one attached hydrogen (secondary N) is 1. The zero-order chi connectivity index (χ0) is 14.9. The standard InChI is InChI=1S/C15H18BrFN2S/c1-8(2)18-14(15-19-9(3)10(4)20-15)12-6-5-11(16)7-13(12)17/h5-8,14,18H,1-4H3. The maximum atomic E-state index is 14.3. The van der Waals surface area contributed by atoms with Crippen LogP contribution in [0.1, 0.15) is 41.0 Å².